The van der Waals surface area contributed by atoms with Crippen LogP contribution in [0.15, 0.2) is 48.4 Å². The first-order valence-electron chi connectivity index (χ1n) is 13.7. The largest absolute Gasteiger partial charge is 0.462 e. The standard InChI is InChI=1S/C30H30ClN7O2S/c1-3-26(39)38-14-13-37(17-19(38)9-11-32)29-23-16-24(31)27(22-7-4-8-25-21(22)10-15-41-25)33-28(23)34-30(35-29)40-18-20-6-5-12-36(20)2/h3-4,7-8,10,15-16,19-20H,1,5-6,9,12-14,17-18H2,2H3/t19-,20-/m0/s1. The summed E-state index contributed by atoms with van der Waals surface area (Å²) >= 11 is 8.58. The number of hydrogen-bond acceptors (Lipinski definition) is 9. The number of aromatic nitrogens is 3. The molecule has 0 saturated carbocycles. The summed E-state index contributed by atoms with van der Waals surface area (Å²) in [6, 6.07) is 12.5. The maximum atomic E-state index is 12.5. The van der Waals surface area contributed by atoms with E-state index in [-0.39, 0.29) is 24.4 Å². The minimum Gasteiger partial charge on any atom is -0.462 e. The van der Waals surface area contributed by atoms with E-state index < -0.39 is 0 Å². The lowest BCUT2D eigenvalue weighted by Crippen LogP contribution is -2.55. The summed E-state index contributed by atoms with van der Waals surface area (Å²) in [5.41, 5.74) is 2.08. The van der Waals surface area contributed by atoms with Crippen LogP contribution in [-0.4, -0.2) is 82.6 Å². The number of likely N-dealkylation sites (tertiary alicyclic amines) is 1. The third-order valence-corrected chi connectivity index (χ3v) is 9.16. The second-order valence-corrected chi connectivity index (χ2v) is 11.8. The van der Waals surface area contributed by atoms with Crippen LogP contribution in [0.4, 0.5) is 5.82 Å². The van der Waals surface area contributed by atoms with Crippen molar-refractivity contribution in [3.8, 4) is 23.3 Å². The molecule has 11 heteroatoms. The Balaban J connectivity index is 1.43. The van der Waals surface area contributed by atoms with Crippen LogP contribution < -0.4 is 9.64 Å². The van der Waals surface area contributed by atoms with Gasteiger partial charge in [0.25, 0.3) is 0 Å². The highest BCUT2D eigenvalue weighted by atomic mass is 35.5. The first-order valence-corrected chi connectivity index (χ1v) is 15.0. The predicted molar refractivity (Wildman–Crippen MR) is 162 cm³/mol. The van der Waals surface area contributed by atoms with Gasteiger partial charge in [-0.25, -0.2) is 4.98 Å². The zero-order valence-corrected chi connectivity index (χ0v) is 24.4. The molecule has 6 rings (SSSR count). The number of nitrogens with zero attached hydrogens (tertiary/aromatic N) is 7. The van der Waals surface area contributed by atoms with Crippen LogP contribution in [-0.2, 0) is 4.79 Å². The molecule has 1 amide bonds. The molecule has 2 atom stereocenters. The number of rotatable bonds is 7. The van der Waals surface area contributed by atoms with Gasteiger partial charge in [-0.2, -0.15) is 15.2 Å². The SMILES string of the molecule is C=CC(=O)N1CCN(c2nc(OC[C@@H]3CCCN3C)nc3nc(-c4cccc5sccc45)c(Cl)cc23)C[C@@H]1CC#N. The number of pyridine rings is 1. The number of amides is 1. The van der Waals surface area contributed by atoms with Crippen molar-refractivity contribution in [3.63, 3.8) is 0 Å². The normalized spacial score (nSPS) is 19.5. The molecule has 1 aromatic carbocycles. The first kappa shape index (κ1) is 27.4. The van der Waals surface area contributed by atoms with E-state index in [1.165, 1.54) is 6.08 Å². The molecule has 3 aromatic heterocycles. The Morgan fingerprint density at radius 3 is 2.88 bits per heavy atom. The molecule has 41 heavy (non-hydrogen) atoms. The van der Waals surface area contributed by atoms with E-state index in [0.29, 0.717) is 59.9 Å². The third-order valence-electron chi connectivity index (χ3n) is 7.99. The van der Waals surface area contributed by atoms with Crippen LogP contribution in [0.3, 0.4) is 0 Å². The number of thiophene rings is 1. The van der Waals surface area contributed by atoms with Gasteiger partial charge < -0.3 is 19.4 Å². The highest BCUT2D eigenvalue weighted by Crippen LogP contribution is 2.38. The molecule has 9 nitrogen and oxygen atoms in total. The number of anilines is 1. The molecule has 2 aliphatic rings. The Labute approximate surface area is 247 Å². The van der Waals surface area contributed by atoms with Crippen LogP contribution in [0.25, 0.3) is 32.4 Å². The molecule has 0 spiro atoms. The summed E-state index contributed by atoms with van der Waals surface area (Å²) in [4.78, 5) is 33.1. The highest BCUT2D eigenvalue weighted by Gasteiger charge is 2.32. The van der Waals surface area contributed by atoms with Crippen molar-refractivity contribution in [1.29, 1.82) is 5.26 Å². The van der Waals surface area contributed by atoms with E-state index in [9.17, 15) is 10.1 Å². The topological polar surface area (TPSA) is 98.5 Å². The molecular formula is C30H30ClN7O2S. The van der Waals surface area contributed by atoms with Crippen LogP contribution in [0.1, 0.15) is 19.3 Å². The average Bonchev–Trinajstić information content (AvgIpc) is 3.64. The number of fused-ring (bicyclic) bond motifs is 2. The quantitative estimate of drug-likeness (QED) is 0.274. The average molecular weight is 588 g/mol. The van der Waals surface area contributed by atoms with Gasteiger partial charge in [0, 0.05) is 41.3 Å². The summed E-state index contributed by atoms with van der Waals surface area (Å²) in [7, 11) is 2.11. The molecule has 0 N–H and O–H groups in total. The van der Waals surface area contributed by atoms with Gasteiger partial charge in [0.1, 0.15) is 12.4 Å². The number of nitriles is 1. The van der Waals surface area contributed by atoms with Gasteiger partial charge in [-0.1, -0.05) is 30.3 Å². The van der Waals surface area contributed by atoms with Crippen molar-refractivity contribution in [2.75, 3.05) is 44.7 Å². The molecule has 0 radical (unpaired) electrons. The van der Waals surface area contributed by atoms with Crippen molar-refractivity contribution >= 4 is 55.8 Å². The van der Waals surface area contributed by atoms with E-state index in [0.717, 1.165) is 35.0 Å². The summed E-state index contributed by atoms with van der Waals surface area (Å²) in [5, 5.41) is 13.8. The first-order chi connectivity index (χ1) is 20.0. The second kappa shape index (κ2) is 11.6. The number of carbonyl (C=O) groups is 1. The third kappa shape index (κ3) is 5.33. The van der Waals surface area contributed by atoms with Gasteiger partial charge >= 0.3 is 6.01 Å². The molecule has 2 fully saturated rings. The lowest BCUT2D eigenvalue weighted by molar-refractivity contribution is -0.128. The summed E-state index contributed by atoms with van der Waals surface area (Å²) in [6.45, 7) is 6.54. The van der Waals surface area contributed by atoms with Gasteiger partial charge in [0.2, 0.25) is 5.91 Å². The Bertz CT molecular complexity index is 1670. The van der Waals surface area contributed by atoms with Crippen molar-refractivity contribution in [1.82, 2.24) is 24.8 Å². The molecule has 5 heterocycles. The number of likely N-dealkylation sites (N-methyl/N-ethyl adjacent to an activating group) is 1. The zero-order valence-electron chi connectivity index (χ0n) is 22.8. The van der Waals surface area contributed by atoms with Crippen molar-refractivity contribution < 1.29 is 9.53 Å². The Kier molecular flexibility index (Phi) is 7.75. The Morgan fingerprint density at radius 2 is 2.10 bits per heavy atom. The lowest BCUT2D eigenvalue weighted by atomic mass is 10.1. The second-order valence-electron chi connectivity index (χ2n) is 10.4. The van der Waals surface area contributed by atoms with Crippen molar-refractivity contribution in [3.05, 3.63) is 53.4 Å². The fraction of sp³-hybridized carbons (Fsp3) is 0.367. The smallest absolute Gasteiger partial charge is 0.320 e. The fourth-order valence-corrected chi connectivity index (χ4v) is 6.85. The molecule has 0 bridgehead atoms. The molecule has 210 valence electrons. The minimum atomic E-state index is -0.306. The number of benzene rings is 1. The van der Waals surface area contributed by atoms with E-state index in [2.05, 4.69) is 47.0 Å². The number of ether oxygens (including phenoxy) is 1. The number of halogens is 1. The summed E-state index contributed by atoms with van der Waals surface area (Å²) < 4.78 is 7.35. The maximum Gasteiger partial charge on any atom is 0.320 e. The maximum absolute atomic E-state index is 12.5. The Morgan fingerprint density at radius 1 is 1.22 bits per heavy atom. The molecule has 2 saturated heterocycles. The molecular weight excluding hydrogens is 558 g/mol. The van der Waals surface area contributed by atoms with Crippen LogP contribution >= 0.6 is 22.9 Å². The van der Waals surface area contributed by atoms with Crippen LogP contribution in [0, 0.1) is 11.3 Å². The monoisotopic (exact) mass is 587 g/mol. The summed E-state index contributed by atoms with van der Waals surface area (Å²) in [6.07, 6.45) is 3.70. The van der Waals surface area contributed by atoms with Crippen molar-refractivity contribution in [2.24, 2.45) is 0 Å². The van der Waals surface area contributed by atoms with Gasteiger partial charge in [-0.05, 0) is 56.1 Å². The van der Waals surface area contributed by atoms with Gasteiger partial charge in [0.15, 0.2) is 5.65 Å². The Hall–Kier alpha value is -3.78. The molecule has 4 aromatic rings. The zero-order chi connectivity index (χ0) is 28.5. The fourth-order valence-electron chi connectivity index (χ4n) is 5.79. The van der Waals surface area contributed by atoms with Gasteiger partial charge in [-0.15, -0.1) is 11.3 Å². The van der Waals surface area contributed by atoms with Crippen LogP contribution in [0.2, 0.25) is 5.02 Å². The number of hydrogen-bond donors (Lipinski definition) is 0. The van der Waals surface area contributed by atoms with Crippen LogP contribution in [0.5, 0.6) is 6.01 Å². The molecule has 0 aliphatic carbocycles. The van der Waals surface area contributed by atoms with Gasteiger partial charge in [0.05, 0.1) is 34.6 Å². The highest BCUT2D eigenvalue weighted by molar-refractivity contribution is 7.17. The van der Waals surface area contributed by atoms with E-state index >= 15 is 0 Å². The van der Waals surface area contributed by atoms with Crippen molar-refractivity contribution in [2.45, 2.75) is 31.3 Å². The van der Waals surface area contributed by atoms with E-state index in [1.54, 1.807) is 16.2 Å². The van der Waals surface area contributed by atoms with E-state index in [1.807, 2.05) is 18.2 Å². The molecule has 0 unspecified atom stereocenters. The number of piperazine rings is 1. The summed E-state index contributed by atoms with van der Waals surface area (Å²) in [5.74, 6) is 0.451. The van der Waals surface area contributed by atoms with E-state index in [4.69, 9.17) is 31.3 Å². The van der Waals surface area contributed by atoms with Gasteiger partial charge in [-0.3, -0.25) is 4.79 Å². The molecule has 2 aliphatic heterocycles. The minimum absolute atomic E-state index is 0.181. The number of carbonyl (C=O) groups excluding carboxylic acids is 1. The predicted octanol–water partition coefficient (Wildman–Crippen LogP) is 5.15. The lowest BCUT2D eigenvalue weighted by Gasteiger charge is -2.41.